The minimum Gasteiger partial charge on any atom is -0.491 e. The molecule has 0 fully saturated rings. The van der Waals surface area contributed by atoms with Gasteiger partial charge in [0.2, 0.25) is 0 Å². The second kappa shape index (κ2) is 5.02. The zero-order valence-electron chi connectivity index (χ0n) is 10.5. The topological polar surface area (TPSA) is 38.5 Å². The quantitative estimate of drug-likeness (QED) is 0.811. The van der Waals surface area contributed by atoms with E-state index in [0.29, 0.717) is 17.3 Å². The van der Waals surface area contributed by atoms with Gasteiger partial charge in [0.05, 0.1) is 22.9 Å². The molecule has 1 aliphatic heterocycles. The Bertz CT molecular complexity index is 600. The summed E-state index contributed by atoms with van der Waals surface area (Å²) in [4.78, 5) is 2.20. The number of hydrogen-bond acceptors (Lipinski definition) is 3. The van der Waals surface area contributed by atoms with E-state index in [-0.39, 0.29) is 0 Å². The number of benzene rings is 2. The predicted octanol–water partition coefficient (Wildman–Crippen LogP) is 3.32. The summed E-state index contributed by atoms with van der Waals surface area (Å²) in [5, 5.41) is 0.593. The van der Waals surface area contributed by atoms with Crippen LogP contribution < -0.4 is 15.4 Å². The molecule has 0 atom stereocenters. The first-order valence-corrected chi connectivity index (χ1v) is 6.63. The van der Waals surface area contributed by atoms with E-state index in [1.165, 1.54) is 5.56 Å². The zero-order chi connectivity index (χ0) is 13.2. The Morgan fingerprint density at radius 1 is 1.11 bits per heavy atom. The van der Waals surface area contributed by atoms with Crippen molar-refractivity contribution >= 4 is 23.0 Å². The summed E-state index contributed by atoms with van der Waals surface area (Å²) >= 11 is 6.09. The molecule has 0 saturated carbocycles. The van der Waals surface area contributed by atoms with Crippen LogP contribution in [0.25, 0.3) is 0 Å². The number of halogens is 1. The Labute approximate surface area is 117 Å². The number of hydrogen-bond donors (Lipinski definition) is 1. The summed E-state index contributed by atoms with van der Waals surface area (Å²) in [6.45, 7) is 2.21. The number of nitrogen functional groups attached to an aromatic ring is 1. The number of nitrogens with zero attached hydrogens (tertiary/aromatic N) is 1. The highest BCUT2D eigenvalue weighted by molar-refractivity contribution is 6.33. The highest BCUT2D eigenvalue weighted by Crippen LogP contribution is 2.33. The second-order valence-electron chi connectivity index (χ2n) is 4.55. The summed E-state index contributed by atoms with van der Waals surface area (Å²) in [5.74, 6) is 0.950. The molecule has 0 spiro atoms. The molecule has 2 aromatic rings. The average molecular weight is 275 g/mol. The lowest BCUT2D eigenvalue weighted by Crippen LogP contribution is -2.26. The molecular weight excluding hydrogens is 260 g/mol. The molecular formula is C15H15ClN2O. The van der Waals surface area contributed by atoms with Crippen molar-refractivity contribution in [3.8, 4) is 5.75 Å². The maximum atomic E-state index is 6.09. The fourth-order valence-corrected chi connectivity index (χ4v) is 2.50. The van der Waals surface area contributed by atoms with Crippen molar-refractivity contribution < 1.29 is 4.74 Å². The molecule has 1 aliphatic rings. The molecule has 3 rings (SSSR count). The average Bonchev–Trinajstić information content (AvgIpc) is 2.64. The van der Waals surface area contributed by atoms with Crippen molar-refractivity contribution in [1.29, 1.82) is 0 Å². The van der Waals surface area contributed by atoms with E-state index in [4.69, 9.17) is 22.1 Å². The van der Waals surface area contributed by atoms with Crippen molar-refractivity contribution in [1.82, 2.24) is 0 Å². The van der Waals surface area contributed by atoms with Crippen LogP contribution in [-0.4, -0.2) is 13.2 Å². The largest absolute Gasteiger partial charge is 0.491 e. The highest BCUT2D eigenvalue weighted by atomic mass is 35.5. The summed E-state index contributed by atoms with van der Waals surface area (Å²) in [7, 11) is 0. The van der Waals surface area contributed by atoms with Gasteiger partial charge in [0.1, 0.15) is 12.4 Å². The molecule has 0 unspecified atom stereocenters. The van der Waals surface area contributed by atoms with E-state index >= 15 is 0 Å². The molecule has 0 aliphatic carbocycles. The monoisotopic (exact) mass is 274 g/mol. The van der Waals surface area contributed by atoms with E-state index in [1.54, 1.807) is 0 Å². The number of anilines is 2. The Morgan fingerprint density at radius 2 is 1.95 bits per heavy atom. The van der Waals surface area contributed by atoms with Gasteiger partial charge in [-0.05, 0) is 18.2 Å². The van der Waals surface area contributed by atoms with Gasteiger partial charge in [-0.25, -0.2) is 0 Å². The molecule has 98 valence electrons. The molecule has 3 nitrogen and oxygen atoms in total. The van der Waals surface area contributed by atoms with Gasteiger partial charge in [-0.3, -0.25) is 0 Å². The maximum absolute atomic E-state index is 6.09. The molecule has 1 heterocycles. The fourth-order valence-electron chi connectivity index (χ4n) is 2.33. The standard InChI is InChI=1S/C15H15ClN2O/c16-12-5-3-6-13(15(12)17)18-8-9-19-14-7-2-1-4-11(14)10-18/h1-7H,8-10,17H2. The van der Waals surface area contributed by atoms with Crippen LogP contribution in [0, 0.1) is 0 Å². The highest BCUT2D eigenvalue weighted by Gasteiger charge is 2.17. The van der Waals surface area contributed by atoms with E-state index in [0.717, 1.165) is 24.5 Å². The first-order valence-electron chi connectivity index (χ1n) is 6.25. The van der Waals surface area contributed by atoms with Crippen LogP contribution in [0.3, 0.4) is 0 Å². The van der Waals surface area contributed by atoms with E-state index in [9.17, 15) is 0 Å². The third-order valence-corrected chi connectivity index (χ3v) is 3.65. The van der Waals surface area contributed by atoms with E-state index in [1.807, 2.05) is 36.4 Å². The number of fused-ring (bicyclic) bond motifs is 1. The minimum atomic E-state index is 0.593. The molecule has 0 radical (unpaired) electrons. The van der Waals surface area contributed by atoms with E-state index < -0.39 is 0 Å². The second-order valence-corrected chi connectivity index (χ2v) is 4.96. The van der Waals surface area contributed by atoms with Gasteiger partial charge in [-0.1, -0.05) is 35.9 Å². The van der Waals surface area contributed by atoms with Crippen LogP contribution in [0.1, 0.15) is 5.56 Å². The number of nitrogens with two attached hydrogens (primary N) is 1. The normalized spacial score (nSPS) is 14.5. The van der Waals surface area contributed by atoms with Crippen LogP contribution in [0.5, 0.6) is 5.75 Å². The SMILES string of the molecule is Nc1c(Cl)cccc1N1CCOc2ccccc2C1. The molecule has 19 heavy (non-hydrogen) atoms. The molecule has 2 aromatic carbocycles. The molecule has 4 heteroatoms. The summed E-state index contributed by atoms with van der Waals surface area (Å²) in [6.07, 6.45) is 0. The molecule has 0 aromatic heterocycles. The zero-order valence-corrected chi connectivity index (χ0v) is 11.2. The third-order valence-electron chi connectivity index (χ3n) is 3.32. The van der Waals surface area contributed by atoms with Gasteiger partial charge in [0.25, 0.3) is 0 Å². The van der Waals surface area contributed by atoms with Gasteiger partial charge in [0, 0.05) is 12.1 Å². The summed E-state index contributed by atoms with van der Waals surface area (Å²) < 4.78 is 5.75. The molecule has 0 saturated heterocycles. The van der Waals surface area contributed by atoms with Crippen molar-refractivity contribution in [2.24, 2.45) is 0 Å². The Kier molecular flexibility index (Phi) is 3.22. The summed E-state index contributed by atoms with van der Waals surface area (Å²) in [5.41, 5.74) is 8.83. The predicted molar refractivity (Wildman–Crippen MR) is 78.9 cm³/mol. The van der Waals surface area contributed by atoms with Gasteiger partial charge in [-0.2, -0.15) is 0 Å². The van der Waals surface area contributed by atoms with Crippen LogP contribution in [0.15, 0.2) is 42.5 Å². The Balaban J connectivity index is 1.96. The van der Waals surface area contributed by atoms with Gasteiger partial charge in [0.15, 0.2) is 0 Å². The lowest BCUT2D eigenvalue weighted by molar-refractivity contribution is 0.331. The van der Waals surface area contributed by atoms with Crippen molar-refractivity contribution in [3.63, 3.8) is 0 Å². The number of para-hydroxylation sites is 2. The van der Waals surface area contributed by atoms with Crippen LogP contribution in [-0.2, 0) is 6.54 Å². The molecule has 2 N–H and O–H groups in total. The lowest BCUT2D eigenvalue weighted by Gasteiger charge is -2.24. The minimum absolute atomic E-state index is 0.593. The first-order chi connectivity index (χ1) is 9.25. The Hall–Kier alpha value is -1.87. The smallest absolute Gasteiger partial charge is 0.124 e. The molecule has 0 amide bonds. The van der Waals surface area contributed by atoms with Crippen LogP contribution in [0.2, 0.25) is 5.02 Å². The van der Waals surface area contributed by atoms with Crippen molar-refractivity contribution in [2.75, 3.05) is 23.8 Å². The van der Waals surface area contributed by atoms with Crippen molar-refractivity contribution in [3.05, 3.63) is 53.1 Å². The number of rotatable bonds is 1. The maximum Gasteiger partial charge on any atom is 0.124 e. The third kappa shape index (κ3) is 2.34. The van der Waals surface area contributed by atoms with Gasteiger partial charge in [-0.15, -0.1) is 0 Å². The van der Waals surface area contributed by atoms with Crippen LogP contribution in [0.4, 0.5) is 11.4 Å². The lowest BCUT2D eigenvalue weighted by atomic mass is 10.1. The van der Waals surface area contributed by atoms with E-state index in [2.05, 4.69) is 11.0 Å². The fraction of sp³-hybridized carbons (Fsp3) is 0.200. The first kappa shape index (κ1) is 12.2. The van der Waals surface area contributed by atoms with Crippen molar-refractivity contribution in [2.45, 2.75) is 6.54 Å². The summed E-state index contributed by atoms with van der Waals surface area (Å²) in [6, 6.07) is 13.8. The Morgan fingerprint density at radius 3 is 2.84 bits per heavy atom. The number of ether oxygens (including phenoxy) is 1. The molecule has 0 bridgehead atoms. The van der Waals surface area contributed by atoms with Gasteiger partial charge < -0.3 is 15.4 Å². The van der Waals surface area contributed by atoms with Crippen LogP contribution >= 0.6 is 11.6 Å². The van der Waals surface area contributed by atoms with Gasteiger partial charge >= 0.3 is 0 Å².